The topological polar surface area (TPSA) is 0 Å². The van der Waals surface area contributed by atoms with E-state index in [1.807, 2.05) is 0 Å². The van der Waals surface area contributed by atoms with Crippen molar-refractivity contribution in [3.05, 3.63) is 181 Å². The summed E-state index contributed by atoms with van der Waals surface area (Å²) >= 11 is 0. The number of fused-ring (bicyclic) bond motifs is 10. The van der Waals surface area contributed by atoms with Crippen molar-refractivity contribution in [2.75, 3.05) is 0 Å². The van der Waals surface area contributed by atoms with Gasteiger partial charge in [0.25, 0.3) is 0 Å². The van der Waals surface area contributed by atoms with Gasteiger partial charge in [0.05, 0.1) is 0 Å². The van der Waals surface area contributed by atoms with Crippen molar-refractivity contribution < 1.29 is 0 Å². The first-order valence-electron chi connectivity index (χ1n) is 19.0. The molecular formula is C54H34. The van der Waals surface area contributed by atoms with Crippen LogP contribution in [0.3, 0.4) is 0 Å². The smallest absolute Gasteiger partial charge is 0.000697 e. The summed E-state index contributed by atoms with van der Waals surface area (Å²) in [4.78, 5) is 0. The van der Waals surface area contributed by atoms with E-state index >= 15 is 0 Å². The zero-order valence-electron chi connectivity index (χ0n) is 30.2. The van der Waals surface area contributed by atoms with Gasteiger partial charge in [0, 0.05) is 0 Å². The van der Waals surface area contributed by atoms with Gasteiger partial charge in [0.2, 0.25) is 0 Å². The van der Waals surface area contributed by atoms with E-state index in [2.05, 4.69) is 184 Å². The molecule has 0 aliphatic heterocycles. The van der Waals surface area contributed by atoms with Gasteiger partial charge >= 0.3 is 0 Å². The molecule has 0 heteroatoms. The molecule has 0 N–H and O–H groups in total. The Morgan fingerprint density at radius 2 is 0.796 bits per heavy atom. The molecule has 0 radical (unpaired) electrons. The molecule has 0 saturated carbocycles. The van der Waals surface area contributed by atoms with Gasteiger partial charge in [-0.2, -0.15) is 0 Å². The Kier molecular flexibility index (Phi) is 6.00. The van der Waals surface area contributed by atoms with Gasteiger partial charge < -0.3 is 0 Å². The van der Waals surface area contributed by atoms with Crippen molar-refractivity contribution in [1.29, 1.82) is 0 Å². The molecule has 0 aliphatic carbocycles. The molecule has 54 heavy (non-hydrogen) atoms. The van der Waals surface area contributed by atoms with E-state index < -0.39 is 0 Å². The standard InChI is InChI=1S/C54H34/c1-31-14-11-15-32(2)47(31)36-26-27-38-43(29-36)40-23-13-24-41-50(40)44(38)30-46-48(33-16-5-3-6-17-33)53-42-25-12-22-39-37-21-10-9-20-35(37)28-45(51(39)42)54(53)49(52(41)46)34-18-7-4-8-19-34/h3-30H,1-2H3. The van der Waals surface area contributed by atoms with Gasteiger partial charge in [0.1, 0.15) is 0 Å². The number of aryl methyl sites for hydroxylation is 2. The molecule has 12 aromatic carbocycles. The zero-order valence-corrected chi connectivity index (χ0v) is 30.2. The largest absolute Gasteiger partial charge is 0.0622 e. The first-order valence-corrected chi connectivity index (χ1v) is 19.0. The highest BCUT2D eigenvalue weighted by Crippen LogP contribution is 2.55. The molecule has 0 atom stereocenters. The van der Waals surface area contributed by atoms with Gasteiger partial charge in [-0.25, -0.2) is 0 Å². The zero-order chi connectivity index (χ0) is 35.7. The summed E-state index contributed by atoms with van der Waals surface area (Å²) in [5.74, 6) is 0. The molecule has 0 spiro atoms. The van der Waals surface area contributed by atoms with Gasteiger partial charge in [-0.3, -0.25) is 0 Å². The van der Waals surface area contributed by atoms with Crippen LogP contribution < -0.4 is 0 Å². The number of hydrogen-bond acceptors (Lipinski definition) is 0. The van der Waals surface area contributed by atoms with E-state index in [9.17, 15) is 0 Å². The van der Waals surface area contributed by atoms with Crippen LogP contribution in [0.1, 0.15) is 11.1 Å². The van der Waals surface area contributed by atoms with E-state index in [0.29, 0.717) is 0 Å². The normalized spacial score (nSPS) is 12.3. The molecule has 0 heterocycles. The fraction of sp³-hybridized carbons (Fsp3) is 0.0370. The van der Waals surface area contributed by atoms with E-state index in [1.165, 1.54) is 131 Å². The molecule has 0 saturated heterocycles. The maximum Gasteiger partial charge on any atom is -0.000697 e. The predicted octanol–water partition coefficient (Wildman–Crippen LogP) is 15.4. The van der Waals surface area contributed by atoms with Crippen LogP contribution in [0.15, 0.2) is 170 Å². The van der Waals surface area contributed by atoms with Crippen molar-refractivity contribution in [3.8, 4) is 33.4 Å². The number of benzene rings is 10. The molecule has 0 bridgehead atoms. The van der Waals surface area contributed by atoms with Crippen molar-refractivity contribution >= 4 is 86.2 Å². The van der Waals surface area contributed by atoms with Gasteiger partial charge in [-0.05, 0) is 163 Å². The molecule has 250 valence electrons. The first-order chi connectivity index (χ1) is 26.7. The summed E-state index contributed by atoms with van der Waals surface area (Å²) in [5.41, 5.74) is 10.4. The summed E-state index contributed by atoms with van der Waals surface area (Å²) in [5, 5.41) is 21.2. The highest BCUT2D eigenvalue weighted by Gasteiger charge is 2.27. The first kappa shape index (κ1) is 29.8. The molecule has 0 aromatic heterocycles. The fourth-order valence-corrected chi connectivity index (χ4v) is 10.2. The second-order valence-electron chi connectivity index (χ2n) is 15.2. The van der Waals surface area contributed by atoms with Crippen molar-refractivity contribution in [3.63, 3.8) is 0 Å². The Bertz CT molecular complexity index is 3460. The lowest BCUT2D eigenvalue weighted by atomic mass is 9.84. The molecule has 12 rings (SSSR count). The van der Waals surface area contributed by atoms with Crippen molar-refractivity contribution in [1.82, 2.24) is 0 Å². The Hall–Kier alpha value is -6.76. The number of rotatable bonds is 3. The van der Waals surface area contributed by atoms with Crippen LogP contribution in [0.25, 0.3) is 120 Å². The minimum absolute atomic E-state index is 1.25. The Balaban J connectivity index is 1.36. The SMILES string of the molecule is Cc1cccc(C)c1-c1ccc2c(c1)c1cccc3c4c(-c5ccccc5)c5c6cc7ccccc7c7cccc(c5c(-c5ccccc5)c4cc2c13)c76. The van der Waals surface area contributed by atoms with Crippen LogP contribution in [-0.2, 0) is 0 Å². The number of hydrogen-bond donors (Lipinski definition) is 0. The molecular weight excluding hydrogens is 649 g/mol. The predicted molar refractivity (Wildman–Crippen MR) is 235 cm³/mol. The van der Waals surface area contributed by atoms with Crippen LogP contribution in [0.2, 0.25) is 0 Å². The molecule has 0 amide bonds. The summed E-state index contributed by atoms with van der Waals surface area (Å²) in [7, 11) is 0. The van der Waals surface area contributed by atoms with Crippen LogP contribution in [0.5, 0.6) is 0 Å². The van der Waals surface area contributed by atoms with E-state index in [1.54, 1.807) is 0 Å². The maximum absolute atomic E-state index is 2.54. The third kappa shape index (κ3) is 3.87. The van der Waals surface area contributed by atoms with E-state index in [0.717, 1.165) is 0 Å². The molecule has 12 aromatic rings. The van der Waals surface area contributed by atoms with E-state index in [4.69, 9.17) is 0 Å². The second-order valence-corrected chi connectivity index (χ2v) is 15.2. The fourth-order valence-electron chi connectivity index (χ4n) is 10.2. The molecule has 0 aliphatic rings. The summed E-state index contributed by atoms with van der Waals surface area (Å²) < 4.78 is 0. The minimum atomic E-state index is 1.25. The molecule has 0 unspecified atom stereocenters. The average molecular weight is 683 g/mol. The second kappa shape index (κ2) is 10.9. The van der Waals surface area contributed by atoms with E-state index in [-0.39, 0.29) is 0 Å². The van der Waals surface area contributed by atoms with Crippen molar-refractivity contribution in [2.24, 2.45) is 0 Å². The monoisotopic (exact) mass is 682 g/mol. The van der Waals surface area contributed by atoms with Crippen LogP contribution >= 0.6 is 0 Å². The van der Waals surface area contributed by atoms with Crippen LogP contribution in [-0.4, -0.2) is 0 Å². The lowest BCUT2D eigenvalue weighted by Crippen LogP contribution is -1.91. The summed E-state index contributed by atoms with van der Waals surface area (Å²) in [6, 6.07) is 64.0. The molecule has 0 nitrogen and oxygen atoms in total. The Labute approximate surface area is 313 Å². The minimum Gasteiger partial charge on any atom is -0.0622 e. The van der Waals surface area contributed by atoms with Crippen LogP contribution in [0, 0.1) is 13.8 Å². The molecule has 0 fully saturated rings. The van der Waals surface area contributed by atoms with Gasteiger partial charge in [0.15, 0.2) is 0 Å². The van der Waals surface area contributed by atoms with Gasteiger partial charge in [-0.1, -0.05) is 152 Å². The summed E-state index contributed by atoms with van der Waals surface area (Å²) in [6.07, 6.45) is 0. The third-order valence-corrected chi connectivity index (χ3v) is 12.3. The highest BCUT2D eigenvalue weighted by molar-refractivity contribution is 6.46. The summed E-state index contributed by atoms with van der Waals surface area (Å²) in [6.45, 7) is 4.46. The lowest BCUT2D eigenvalue weighted by molar-refractivity contribution is 1.38. The average Bonchev–Trinajstić information content (AvgIpc) is 3.71. The van der Waals surface area contributed by atoms with Gasteiger partial charge in [-0.15, -0.1) is 0 Å². The lowest BCUT2D eigenvalue weighted by Gasteiger charge is -2.19. The Morgan fingerprint density at radius 3 is 1.54 bits per heavy atom. The Morgan fingerprint density at radius 1 is 0.241 bits per heavy atom. The maximum atomic E-state index is 2.54. The highest BCUT2D eigenvalue weighted by atomic mass is 14.3. The van der Waals surface area contributed by atoms with Crippen LogP contribution in [0.4, 0.5) is 0 Å². The van der Waals surface area contributed by atoms with Crippen molar-refractivity contribution in [2.45, 2.75) is 13.8 Å². The third-order valence-electron chi connectivity index (χ3n) is 12.3. The quantitative estimate of drug-likeness (QED) is 0.163.